The van der Waals surface area contributed by atoms with Crippen LogP contribution < -0.4 is 10.1 Å². The summed E-state index contributed by atoms with van der Waals surface area (Å²) in [6, 6.07) is 22.1. The fourth-order valence-electron chi connectivity index (χ4n) is 5.01. The van der Waals surface area contributed by atoms with E-state index in [2.05, 4.69) is 47.5 Å². The first-order chi connectivity index (χ1) is 17.4. The van der Waals surface area contributed by atoms with Crippen LogP contribution in [0.2, 0.25) is 0 Å². The van der Waals surface area contributed by atoms with Gasteiger partial charge in [0.25, 0.3) is 5.91 Å². The number of nitrogens with zero attached hydrogens (tertiary/aromatic N) is 1. The maximum atomic E-state index is 13.3. The van der Waals surface area contributed by atoms with Crippen LogP contribution in [0.3, 0.4) is 0 Å². The molecule has 3 aromatic rings. The third-order valence-electron chi connectivity index (χ3n) is 7.17. The van der Waals surface area contributed by atoms with Crippen LogP contribution in [0.25, 0.3) is 0 Å². The van der Waals surface area contributed by atoms with E-state index in [4.69, 9.17) is 4.74 Å². The second-order valence-electron chi connectivity index (χ2n) is 10.1. The molecular weight excluding hydrogens is 448 g/mol. The molecule has 1 heterocycles. The monoisotopic (exact) mass is 482 g/mol. The molecule has 186 valence electrons. The molecule has 0 radical (unpaired) electrons. The third-order valence-corrected chi connectivity index (χ3v) is 7.17. The van der Waals surface area contributed by atoms with Gasteiger partial charge in [-0.05, 0) is 80.5 Å². The lowest BCUT2D eigenvalue weighted by atomic mass is 9.87. The van der Waals surface area contributed by atoms with Crippen molar-refractivity contribution in [3.8, 4) is 5.75 Å². The molecular formula is C31H34N2O3. The number of benzene rings is 3. The lowest BCUT2D eigenvalue weighted by Gasteiger charge is -2.38. The van der Waals surface area contributed by atoms with Crippen LogP contribution in [0, 0.1) is 19.8 Å². The lowest BCUT2D eigenvalue weighted by Crippen LogP contribution is -2.41. The maximum Gasteiger partial charge on any atom is 0.265 e. The first kappa shape index (κ1) is 24.1. The molecule has 5 rings (SSSR count). The van der Waals surface area contributed by atoms with Gasteiger partial charge in [0.1, 0.15) is 5.75 Å². The van der Waals surface area contributed by atoms with Crippen LogP contribution in [0.5, 0.6) is 5.75 Å². The molecule has 1 N–H and O–H groups in total. The van der Waals surface area contributed by atoms with Crippen molar-refractivity contribution < 1.29 is 14.3 Å². The highest BCUT2D eigenvalue weighted by molar-refractivity contribution is 5.94. The molecule has 1 aliphatic heterocycles. The quantitative estimate of drug-likeness (QED) is 0.450. The van der Waals surface area contributed by atoms with Crippen LogP contribution in [0.1, 0.15) is 60.0 Å². The lowest BCUT2D eigenvalue weighted by molar-refractivity contribution is -0.134. The number of rotatable bonds is 7. The topological polar surface area (TPSA) is 58.6 Å². The van der Waals surface area contributed by atoms with E-state index >= 15 is 0 Å². The number of aryl methyl sites for hydroxylation is 2. The minimum Gasteiger partial charge on any atom is -0.481 e. The summed E-state index contributed by atoms with van der Waals surface area (Å²) >= 11 is 0. The predicted octanol–water partition coefficient (Wildman–Crippen LogP) is 5.98. The van der Waals surface area contributed by atoms with Gasteiger partial charge in [-0.3, -0.25) is 9.59 Å². The summed E-state index contributed by atoms with van der Waals surface area (Å²) in [5.41, 5.74) is 6.50. The first-order valence-electron chi connectivity index (χ1n) is 13.0. The van der Waals surface area contributed by atoms with Crippen molar-refractivity contribution in [1.29, 1.82) is 0 Å². The average molecular weight is 483 g/mol. The second-order valence-corrected chi connectivity index (χ2v) is 10.1. The Labute approximate surface area is 213 Å². The third kappa shape index (κ3) is 5.15. The van der Waals surface area contributed by atoms with E-state index in [9.17, 15) is 9.59 Å². The molecule has 3 aromatic carbocycles. The van der Waals surface area contributed by atoms with Crippen molar-refractivity contribution in [2.45, 2.75) is 58.6 Å². The number of amides is 2. The van der Waals surface area contributed by atoms with Gasteiger partial charge in [-0.2, -0.15) is 0 Å². The van der Waals surface area contributed by atoms with Gasteiger partial charge in [0.05, 0.1) is 6.04 Å². The minimum absolute atomic E-state index is 0.147. The van der Waals surface area contributed by atoms with E-state index in [1.165, 1.54) is 11.1 Å². The molecule has 1 saturated carbocycles. The fourth-order valence-corrected chi connectivity index (χ4v) is 5.01. The summed E-state index contributed by atoms with van der Waals surface area (Å²) in [5.74, 6) is 0.897. The highest BCUT2D eigenvalue weighted by Gasteiger charge is 2.39. The number of hydrogen-bond donors (Lipinski definition) is 1. The number of ether oxygens (including phenoxy) is 1. The Morgan fingerprint density at radius 2 is 1.78 bits per heavy atom. The van der Waals surface area contributed by atoms with E-state index in [-0.39, 0.29) is 23.8 Å². The molecule has 0 bridgehead atoms. The molecule has 0 aromatic heterocycles. The van der Waals surface area contributed by atoms with Gasteiger partial charge < -0.3 is 15.0 Å². The highest BCUT2D eigenvalue weighted by Crippen LogP contribution is 2.41. The van der Waals surface area contributed by atoms with Gasteiger partial charge in [-0.25, -0.2) is 0 Å². The Hall–Kier alpha value is -3.60. The summed E-state index contributed by atoms with van der Waals surface area (Å²) in [5, 5.41) is 2.97. The molecule has 36 heavy (non-hydrogen) atoms. The number of hydrogen-bond acceptors (Lipinski definition) is 3. The molecule has 2 amide bonds. The Balaban J connectivity index is 1.42. The molecule has 0 saturated heterocycles. The van der Waals surface area contributed by atoms with Crippen molar-refractivity contribution in [2.75, 3.05) is 11.9 Å². The first-order valence-corrected chi connectivity index (χ1v) is 13.0. The molecule has 5 nitrogen and oxygen atoms in total. The summed E-state index contributed by atoms with van der Waals surface area (Å²) in [7, 11) is 0. The summed E-state index contributed by atoms with van der Waals surface area (Å²) < 4.78 is 6.24. The fraction of sp³-hybridized carbons (Fsp3) is 0.355. The normalized spacial score (nSPS) is 17.8. The number of anilines is 1. The largest absolute Gasteiger partial charge is 0.481 e. The van der Waals surface area contributed by atoms with Crippen molar-refractivity contribution in [1.82, 2.24) is 4.90 Å². The second kappa shape index (κ2) is 10.2. The molecule has 0 spiro atoms. The summed E-state index contributed by atoms with van der Waals surface area (Å²) in [6.45, 7) is 6.77. The zero-order valence-corrected chi connectivity index (χ0v) is 21.3. The van der Waals surface area contributed by atoms with E-state index in [0.29, 0.717) is 12.2 Å². The number of nitrogens with one attached hydrogen (secondary N) is 1. The predicted molar refractivity (Wildman–Crippen MR) is 142 cm³/mol. The van der Waals surface area contributed by atoms with E-state index in [0.717, 1.165) is 48.2 Å². The molecule has 2 aliphatic rings. The van der Waals surface area contributed by atoms with E-state index < -0.39 is 6.10 Å². The van der Waals surface area contributed by atoms with Gasteiger partial charge in [0.2, 0.25) is 5.91 Å². The highest BCUT2D eigenvalue weighted by atomic mass is 16.5. The SMILES string of the molecule is CCC(Oc1ccc2c(c1)C(c1cccc(C)c1)N(C(=O)C1CC1)CC2)C(=O)Nc1ccc(C)cc1. The molecule has 1 aliphatic carbocycles. The van der Waals surface area contributed by atoms with Crippen molar-refractivity contribution in [3.63, 3.8) is 0 Å². The van der Waals surface area contributed by atoms with Crippen LogP contribution in [-0.4, -0.2) is 29.4 Å². The Morgan fingerprint density at radius 1 is 1.00 bits per heavy atom. The molecule has 2 unspecified atom stereocenters. The van der Waals surface area contributed by atoms with Gasteiger partial charge in [-0.1, -0.05) is 60.5 Å². The minimum atomic E-state index is -0.616. The van der Waals surface area contributed by atoms with Gasteiger partial charge in [-0.15, -0.1) is 0 Å². The van der Waals surface area contributed by atoms with Crippen LogP contribution in [0.4, 0.5) is 5.69 Å². The molecule has 5 heteroatoms. The Bertz CT molecular complexity index is 1260. The van der Waals surface area contributed by atoms with Crippen molar-refractivity contribution >= 4 is 17.5 Å². The summed E-state index contributed by atoms with van der Waals surface area (Å²) in [6.07, 6.45) is 2.72. The van der Waals surface area contributed by atoms with Gasteiger partial charge in [0, 0.05) is 18.2 Å². The standard InChI is InChI=1S/C31H34N2O3/c1-4-28(30(34)32-25-13-8-20(2)9-14-25)36-26-15-12-22-16-17-33(31(35)23-10-11-23)29(27(22)19-26)24-7-5-6-21(3)18-24/h5-9,12-15,18-19,23,28-29H,4,10-11,16-17H2,1-3H3,(H,32,34). The average Bonchev–Trinajstić information content (AvgIpc) is 3.73. The van der Waals surface area contributed by atoms with Crippen LogP contribution >= 0.6 is 0 Å². The maximum absolute atomic E-state index is 13.3. The van der Waals surface area contributed by atoms with Gasteiger partial charge in [0.15, 0.2) is 6.10 Å². The van der Waals surface area contributed by atoms with E-state index in [1.807, 2.05) is 50.2 Å². The zero-order valence-electron chi connectivity index (χ0n) is 21.3. The smallest absolute Gasteiger partial charge is 0.265 e. The van der Waals surface area contributed by atoms with Crippen LogP contribution in [-0.2, 0) is 16.0 Å². The molecule has 2 atom stereocenters. The van der Waals surface area contributed by atoms with Gasteiger partial charge >= 0.3 is 0 Å². The summed E-state index contributed by atoms with van der Waals surface area (Å²) in [4.78, 5) is 28.3. The van der Waals surface area contributed by atoms with E-state index in [1.54, 1.807) is 0 Å². The number of carbonyl (C=O) groups is 2. The van der Waals surface area contributed by atoms with Crippen molar-refractivity contribution in [3.05, 3.63) is 94.5 Å². The zero-order chi connectivity index (χ0) is 25.2. The molecule has 1 fully saturated rings. The number of carbonyl (C=O) groups excluding carboxylic acids is 2. The number of fused-ring (bicyclic) bond motifs is 1. The van der Waals surface area contributed by atoms with Crippen LogP contribution in [0.15, 0.2) is 66.7 Å². The Kier molecular flexibility index (Phi) is 6.82. The van der Waals surface area contributed by atoms with Crippen molar-refractivity contribution in [2.24, 2.45) is 5.92 Å². The Morgan fingerprint density at radius 3 is 2.47 bits per heavy atom.